The standard InChI is InChI=1S/C27H24FN5/c1-17(2)30-24-16-27-25(15-23(24)31-21-11-7-13-29-18(21)3)32-22-10-4-5-12-26(22)33(27)20-9-6-8-19(28)14-20/h4-17,31H,1-3H3. The van der Waals surface area contributed by atoms with E-state index in [2.05, 4.69) is 10.3 Å². The topological polar surface area (TPSA) is 55.1 Å². The van der Waals surface area contributed by atoms with Crippen LogP contribution in [0.2, 0.25) is 0 Å². The lowest BCUT2D eigenvalue weighted by atomic mass is 10.1. The zero-order valence-electron chi connectivity index (χ0n) is 18.7. The van der Waals surface area contributed by atoms with Gasteiger partial charge in [-0.3, -0.25) is 9.98 Å². The molecule has 0 spiro atoms. The number of hydrogen-bond donors (Lipinski definition) is 1. The van der Waals surface area contributed by atoms with Crippen LogP contribution in [0.3, 0.4) is 0 Å². The number of halogens is 1. The highest BCUT2D eigenvalue weighted by Gasteiger charge is 2.17. The summed E-state index contributed by atoms with van der Waals surface area (Å²) in [5, 5.41) is 4.30. The monoisotopic (exact) mass is 437 g/mol. The molecule has 3 aromatic rings. The lowest BCUT2D eigenvalue weighted by Gasteiger charge is -2.20. The van der Waals surface area contributed by atoms with Crippen LogP contribution in [0, 0.1) is 12.7 Å². The molecular weight excluding hydrogens is 413 g/mol. The van der Waals surface area contributed by atoms with Gasteiger partial charge in [-0.15, -0.1) is 0 Å². The fourth-order valence-electron chi connectivity index (χ4n) is 3.98. The first-order valence-electron chi connectivity index (χ1n) is 10.9. The number of aryl methyl sites for hydroxylation is 1. The molecular formula is C27H24FN5. The van der Waals surface area contributed by atoms with Gasteiger partial charge in [-0.25, -0.2) is 9.37 Å². The van der Waals surface area contributed by atoms with Crippen molar-refractivity contribution in [2.45, 2.75) is 26.8 Å². The average molecular weight is 438 g/mol. The summed E-state index contributed by atoms with van der Waals surface area (Å²) < 4.78 is 16.2. The summed E-state index contributed by atoms with van der Waals surface area (Å²) in [5.41, 5.74) is 6.75. The molecule has 5 rings (SSSR count). The van der Waals surface area contributed by atoms with Gasteiger partial charge >= 0.3 is 0 Å². The molecule has 164 valence electrons. The predicted octanol–water partition coefficient (Wildman–Crippen LogP) is 6.03. The summed E-state index contributed by atoms with van der Waals surface area (Å²) in [6.45, 7) is 6.05. The molecule has 1 aliphatic heterocycles. The molecule has 2 aliphatic rings. The summed E-state index contributed by atoms with van der Waals surface area (Å²) in [4.78, 5) is 14.2. The Morgan fingerprint density at radius 1 is 0.939 bits per heavy atom. The molecule has 33 heavy (non-hydrogen) atoms. The van der Waals surface area contributed by atoms with E-state index in [1.54, 1.807) is 12.3 Å². The summed E-state index contributed by atoms with van der Waals surface area (Å²) in [5.74, 6) is -0.286. The van der Waals surface area contributed by atoms with Gasteiger partial charge in [0.2, 0.25) is 0 Å². The van der Waals surface area contributed by atoms with Crippen LogP contribution >= 0.6 is 0 Å². The molecule has 0 bridgehead atoms. The van der Waals surface area contributed by atoms with E-state index >= 15 is 0 Å². The van der Waals surface area contributed by atoms with E-state index in [0.717, 1.165) is 50.5 Å². The summed E-state index contributed by atoms with van der Waals surface area (Å²) in [7, 11) is 0. The molecule has 0 saturated carbocycles. The Morgan fingerprint density at radius 3 is 2.58 bits per heavy atom. The van der Waals surface area contributed by atoms with Gasteiger partial charge < -0.3 is 9.88 Å². The van der Waals surface area contributed by atoms with Gasteiger partial charge in [0.25, 0.3) is 0 Å². The molecule has 0 radical (unpaired) electrons. The zero-order chi connectivity index (χ0) is 22.9. The maximum Gasteiger partial charge on any atom is 0.125 e. The predicted molar refractivity (Wildman–Crippen MR) is 131 cm³/mol. The lowest BCUT2D eigenvalue weighted by molar-refractivity contribution is 0.627. The number of benzene rings is 3. The number of pyridine rings is 1. The smallest absolute Gasteiger partial charge is 0.125 e. The van der Waals surface area contributed by atoms with Crippen molar-refractivity contribution in [3.63, 3.8) is 0 Å². The zero-order valence-corrected chi connectivity index (χ0v) is 18.7. The quantitative estimate of drug-likeness (QED) is 0.350. The van der Waals surface area contributed by atoms with Crippen LogP contribution in [0.15, 0.2) is 84.0 Å². The molecule has 1 N–H and O–H groups in total. The fourth-order valence-corrected chi connectivity index (χ4v) is 3.98. The number of nitrogens with one attached hydrogen (secondary N) is 1. The summed E-state index contributed by atoms with van der Waals surface area (Å²) in [6.07, 6.45) is 1.77. The number of nitrogens with zero attached hydrogens (tertiary/aromatic N) is 4. The van der Waals surface area contributed by atoms with E-state index in [4.69, 9.17) is 9.98 Å². The second-order valence-electron chi connectivity index (χ2n) is 8.26. The molecule has 2 aromatic carbocycles. The lowest BCUT2D eigenvalue weighted by Crippen LogP contribution is -2.17. The second-order valence-corrected chi connectivity index (χ2v) is 8.26. The summed E-state index contributed by atoms with van der Waals surface area (Å²) in [6, 6.07) is 22.5. The van der Waals surface area contributed by atoms with E-state index in [0.29, 0.717) is 0 Å². The van der Waals surface area contributed by atoms with Crippen molar-refractivity contribution in [3.05, 3.63) is 95.9 Å². The Kier molecular flexibility index (Phi) is 5.34. The van der Waals surface area contributed by atoms with Crippen LogP contribution in [0.4, 0.5) is 15.8 Å². The molecule has 0 fully saturated rings. The van der Waals surface area contributed by atoms with Gasteiger partial charge in [-0.1, -0.05) is 18.2 Å². The molecule has 0 amide bonds. The first-order valence-corrected chi connectivity index (χ1v) is 10.9. The van der Waals surface area contributed by atoms with Gasteiger partial charge in [0.15, 0.2) is 0 Å². The second kappa shape index (κ2) is 8.47. The number of aromatic nitrogens is 3. The van der Waals surface area contributed by atoms with Gasteiger partial charge in [0, 0.05) is 17.9 Å². The van der Waals surface area contributed by atoms with Crippen molar-refractivity contribution in [1.82, 2.24) is 14.5 Å². The summed E-state index contributed by atoms with van der Waals surface area (Å²) >= 11 is 0. The van der Waals surface area contributed by atoms with Crippen molar-refractivity contribution in [2.24, 2.45) is 4.99 Å². The van der Waals surface area contributed by atoms with Crippen LogP contribution in [0.25, 0.3) is 28.1 Å². The number of anilines is 2. The normalized spacial score (nSPS) is 12.1. The maximum atomic E-state index is 14.2. The van der Waals surface area contributed by atoms with Gasteiger partial charge in [0.1, 0.15) is 5.82 Å². The number of para-hydroxylation sites is 2. The van der Waals surface area contributed by atoms with Crippen LogP contribution in [-0.4, -0.2) is 20.6 Å². The number of fused-ring (bicyclic) bond motifs is 2. The molecule has 0 saturated heterocycles. The first kappa shape index (κ1) is 20.8. The van der Waals surface area contributed by atoms with Gasteiger partial charge in [0.05, 0.1) is 44.8 Å². The van der Waals surface area contributed by atoms with E-state index in [1.165, 1.54) is 12.1 Å². The van der Waals surface area contributed by atoms with Crippen molar-refractivity contribution in [3.8, 4) is 17.1 Å². The Labute approximate surface area is 191 Å². The first-order chi connectivity index (χ1) is 16.0. The van der Waals surface area contributed by atoms with E-state index in [9.17, 15) is 4.39 Å². The Hall–Kier alpha value is -4.06. The van der Waals surface area contributed by atoms with Gasteiger partial charge in [-0.05, 0) is 75.4 Å². The van der Waals surface area contributed by atoms with E-state index < -0.39 is 0 Å². The molecule has 0 atom stereocenters. The van der Waals surface area contributed by atoms with Crippen LogP contribution < -0.4 is 10.7 Å². The maximum absolute atomic E-state index is 14.2. The molecule has 5 nitrogen and oxygen atoms in total. The molecule has 2 heterocycles. The Bertz CT molecular complexity index is 1500. The van der Waals surface area contributed by atoms with Crippen molar-refractivity contribution >= 4 is 22.4 Å². The molecule has 6 heteroatoms. The fraction of sp³-hybridized carbons (Fsp3) is 0.148. The third kappa shape index (κ3) is 4.07. The largest absolute Gasteiger partial charge is 0.352 e. The minimum Gasteiger partial charge on any atom is -0.352 e. The minimum atomic E-state index is -0.286. The average Bonchev–Trinajstić information content (AvgIpc) is 2.79. The molecule has 1 aliphatic carbocycles. The number of rotatable bonds is 4. The van der Waals surface area contributed by atoms with Crippen LogP contribution in [-0.2, 0) is 0 Å². The van der Waals surface area contributed by atoms with E-state index in [1.807, 2.05) is 79.9 Å². The molecule has 1 aromatic heterocycles. The Balaban J connectivity index is 1.84. The third-order valence-corrected chi connectivity index (χ3v) is 5.44. The highest BCUT2D eigenvalue weighted by molar-refractivity contribution is 5.84. The SMILES string of the molecule is Cc1ncccc1Nc1cc2nc3ccccc3n(-c3cccc(F)c3)c-2cc1=NC(C)C. The van der Waals surface area contributed by atoms with Crippen LogP contribution in [0.1, 0.15) is 19.5 Å². The molecule has 0 unspecified atom stereocenters. The number of hydrogen-bond acceptors (Lipinski definition) is 4. The van der Waals surface area contributed by atoms with Crippen molar-refractivity contribution in [1.29, 1.82) is 0 Å². The van der Waals surface area contributed by atoms with Crippen LogP contribution in [0.5, 0.6) is 0 Å². The minimum absolute atomic E-state index is 0.0917. The van der Waals surface area contributed by atoms with Crippen molar-refractivity contribution < 1.29 is 4.39 Å². The highest BCUT2D eigenvalue weighted by Crippen LogP contribution is 2.30. The third-order valence-electron chi connectivity index (χ3n) is 5.44. The van der Waals surface area contributed by atoms with Crippen molar-refractivity contribution in [2.75, 3.05) is 5.32 Å². The highest BCUT2D eigenvalue weighted by atomic mass is 19.1. The van der Waals surface area contributed by atoms with E-state index in [-0.39, 0.29) is 11.9 Å². The van der Waals surface area contributed by atoms with Gasteiger partial charge in [-0.2, -0.15) is 0 Å². The Morgan fingerprint density at radius 2 is 1.79 bits per heavy atom.